The van der Waals surface area contributed by atoms with Gasteiger partial charge in [-0.05, 0) is 18.2 Å². The van der Waals surface area contributed by atoms with Crippen molar-refractivity contribution in [2.24, 2.45) is 0 Å². The fourth-order valence-corrected chi connectivity index (χ4v) is 2.73. The van der Waals surface area contributed by atoms with Crippen LogP contribution in [0.2, 0.25) is 0 Å². The van der Waals surface area contributed by atoms with Gasteiger partial charge in [-0.1, -0.05) is 6.07 Å². The molecular weight excluding hydrogens is 348 g/mol. The summed E-state index contributed by atoms with van der Waals surface area (Å²) in [6.07, 6.45) is 2.60. The van der Waals surface area contributed by atoms with E-state index in [1.807, 2.05) is 0 Å². The van der Waals surface area contributed by atoms with Crippen LogP contribution in [-0.4, -0.2) is 48.6 Å². The first kappa shape index (κ1) is 18.3. The Morgan fingerprint density at radius 1 is 1.08 bits per heavy atom. The van der Waals surface area contributed by atoms with Crippen molar-refractivity contribution in [3.63, 3.8) is 0 Å². The quantitative estimate of drug-likeness (QED) is 0.613. The van der Waals surface area contributed by atoms with Gasteiger partial charge in [0, 0.05) is 32.1 Å². The van der Waals surface area contributed by atoms with Gasteiger partial charge in [0.2, 0.25) is 10.0 Å². The van der Waals surface area contributed by atoms with Crippen molar-refractivity contribution in [3.8, 4) is 0 Å². The molecule has 1 heterocycles. The molecule has 0 aliphatic carbocycles. The highest BCUT2D eigenvalue weighted by Gasteiger charge is 2.19. The molecule has 0 bridgehead atoms. The van der Waals surface area contributed by atoms with E-state index < -0.39 is 21.8 Å². The van der Waals surface area contributed by atoms with Crippen molar-refractivity contribution in [1.29, 1.82) is 0 Å². The van der Waals surface area contributed by atoms with Crippen LogP contribution in [0.4, 0.5) is 5.82 Å². The maximum atomic E-state index is 12.1. The van der Waals surface area contributed by atoms with Gasteiger partial charge in [0.1, 0.15) is 0 Å². The third kappa shape index (κ3) is 4.08. The Kier molecular flexibility index (Phi) is 5.29. The highest BCUT2D eigenvalue weighted by molar-refractivity contribution is 7.89. The number of anilines is 1. The minimum Gasteiger partial charge on any atom is -0.382 e. The van der Waals surface area contributed by atoms with Gasteiger partial charge in [-0.3, -0.25) is 20.4 Å². The molecule has 1 aromatic carbocycles. The first-order valence-electron chi connectivity index (χ1n) is 6.93. The lowest BCUT2D eigenvalue weighted by molar-refractivity contribution is 0.0844. The third-order valence-corrected chi connectivity index (χ3v) is 4.92. The SMILES string of the molecule is CN(C)S(=O)(=O)c1cccc(C(=O)NNC(=O)c2nccnc2N)c1. The number of carbonyl (C=O) groups is 2. The number of nitrogens with zero attached hydrogens (tertiary/aromatic N) is 3. The van der Waals surface area contributed by atoms with Gasteiger partial charge in [0.15, 0.2) is 11.5 Å². The molecule has 0 fully saturated rings. The average Bonchev–Trinajstić information content (AvgIpc) is 2.59. The second-order valence-electron chi connectivity index (χ2n) is 5.01. The molecule has 0 saturated heterocycles. The van der Waals surface area contributed by atoms with E-state index in [1.54, 1.807) is 0 Å². The topological polar surface area (TPSA) is 147 Å². The summed E-state index contributed by atoms with van der Waals surface area (Å²) in [7, 11) is -0.917. The van der Waals surface area contributed by atoms with Crippen LogP contribution < -0.4 is 16.6 Å². The van der Waals surface area contributed by atoms with Crippen LogP contribution in [-0.2, 0) is 10.0 Å². The number of aromatic nitrogens is 2. The zero-order chi connectivity index (χ0) is 18.6. The molecule has 0 aliphatic rings. The molecule has 0 atom stereocenters. The molecule has 0 spiro atoms. The predicted molar refractivity (Wildman–Crippen MR) is 88.7 cm³/mol. The van der Waals surface area contributed by atoms with Gasteiger partial charge in [-0.2, -0.15) is 0 Å². The zero-order valence-corrected chi connectivity index (χ0v) is 14.2. The number of sulfonamides is 1. The highest BCUT2D eigenvalue weighted by atomic mass is 32.2. The second-order valence-corrected chi connectivity index (χ2v) is 7.17. The lowest BCUT2D eigenvalue weighted by atomic mass is 10.2. The number of hydrogen-bond donors (Lipinski definition) is 3. The van der Waals surface area contributed by atoms with Gasteiger partial charge in [0.05, 0.1) is 4.90 Å². The Balaban J connectivity index is 2.12. The van der Waals surface area contributed by atoms with Gasteiger partial charge < -0.3 is 5.73 Å². The smallest absolute Gasteiger partial charge is 0.292 e. The molecule has 132 valence electrons. The number of nitrogen functional groups attached to an aromatic ring is 1. The molecule has 0 saturated carbocycles. The largest absolute Gasteiger partial charge is 0.382 e. The maximum Gasteiger partial charge on any atom is 0.292 e. The van der Waals surface area contributed by atoms with Gasteiger partial charge in [0.25, 0.3) is 11.8 Å². The van der Waals surface area contributed by atoms with Crippen molar-refractivity contribution in [3.05, 3.63) is 47.9 Å². The van der Waals surface area contributed by atoms with Crippen LogP contribution in [0.3, 0.4) is 0 Å². The Morgan fingerprint density at radius 2 is 1.72 bits per heavy atom. The van der Waals surface area contributed by atoms with Crippen LogP contribution in [0.1, 0.15) is 20.8 Å². The van der Waals surface area contributed by atoms with E-state index in [4.69, 9.17) is 5.73 Å². The standard InChI is InChI=1S/C14H16N6O4S/c1-20(2)25(23,24)10-5-3-4-9(8-10)13(21)18-19-14(22)11-12(15)17-7-6-16-11/h3-8H,1-2H3,(H2,15,17)(H,18,21)(H,19,22). The first-order chi connectivity index (χ1) is 11.7. The third-order valence-electron chi connectivity index (χ3n) is 3.11. The second kappa shape index (κ2) is 7.23. The molecule has 4 N–H and O–H groups in total. The number of hydrazine groups is 1. The van der Waals surface area contributed by atoms with E-state index in [1.165, 1.54) is 50.8 Å². The number of nitrogens with two attached hydrogens (primary N) is 1. The van der Waals surface area contributed by atoms with Crippen molar-refractivity contribution >= 4 is 27.7 Å². The van der Waals surface area contributed by atoms with E-state index in [9.17, 15) is 18.0 Å². The summed E-state index contributed by atoms with van der Waals surface area (Å²) in [5.41, 5.74) is 9.72. The minimum atomic E-state index is -3.68. The molecule has 0 radical (unpaired) electrons. The fraction of sp³-hybridized carbons (Fsp3) is 0.143. The first-order valence-corrected chi connectivity index (χ1v) is 8.37. The summed E-state index contributed by atoms with van der Waals surface area (Å²) in [6, 6.07) is 5.40. The van der Waals surface area contributed by atoms with E-state index >= 15 is 0 Å². The molecule has 10 nitrogen and oxygen atoms in total. The van der Waals surface area contributed by atoms with Gasteiger partial charge >= 0.3 is 0 Å². The molecule has 2 amide bonds. The fourth-order valence-electron chi connectivity index (χ4n) is 1.78. The lowest BCUT2D eigenvalue weighted by Crippen LogP contribution is -2.42. The number of benzene rings is 1. The lowest BCUT2D eigenvalue weighted by Gasteiger charge is -2.12. The van der Waals surface area contributed by atoms with Crippen molar-refractivity contribution in [2.45, 2.75) is 4.90 Å². The Labute approximate surface area is 144 Å². The van der Waals surface area contributed by atoms with Gasteiger partial charge in [-0.25, -0.2) is 22.7 Å². The summed E-state index contributed by atoms with van der Waals surface area (Å²) in [4.78, 5) is 31.4. The van der Waals surface area contributed by atoms with Crippen molar-refractivity contribution in [1.82, 2.24) is 25.1 Å². The molecule has 1 aromatic heterocycles. The average molecular weight is 364 g/mol. The van der Waals surface area contributed by atoms with Crippen LogP contribution in [0.25, 0.3) is 0 Å². The van der Waals surface area contributed by atoms with Crippen LogP contribution in [0.15, 0.2) is 41.6 Å². The molecule has 25 heavy (non-hydrogen) atoms. The molecule has 0 aliphatic heterocycles. The Morgan fingerprint density at radius 3 is 2.36 bits per heavy atom. The summed E-state index contributed by atoms with van der Waals surface area (Å²) >= 11 is 0. The van der Waals surface area contributed by atoms with E-state index in [0.717, 1.165) is 4.31 Å². The van der Waals surface area contributed by atoms with E-state index in [-0.39, 0.29) is 22.0 Å². The number of amides is 2. The van der Waals surface area contributed by atoms with Gasteiger partial charge in [-0.15, -0.1) is 0 Å². The van der Waals surface area contributed by atoms with Crippen molar-refractivity contribution < 1.29 is 18.0 Å². The predicted octanol–water partition coefficient (Wildman–Crippen LogP) is -0.616. The molecule has 2 rings (SSSR count). The van der Waals surface area contributed by atoms with Crippen molar-refractivity contribution in [2.75, 3.05) is 19.8 Å². The van der Waals surface area contributed by atoms with Crippen LogP contribution in [0.5, 0.6) is 0 Å². The molecule has 2 aromatic rings. The number of carbonyl (C=O) groups excluding carboxylic acids is 2. The summed E-state index contributed by atoms with van der Waals surface area (Å²) < 4.78 is 25.2. The Hall–Kier alpha value is -3.05. The zero-order valence-electron chi connectivity index (χ0n) is 13.4. The summed E-state index contributed by atoms with van der Waals surface area (Å²) in [6.45, 7) is 0. The monoisotopic (exact) mass is 364 g/mol. The summed E-state index contributed by atoms with van der Waals surface area (Å²) in [5.74, 6) is -1.55. The molecular formula is C14H16N6O4S. The highest BCUT2D eigenvalue weighted by Crippen LogP contribution is 2.14. The number of rotatable bonds is 4. The van der Waals surface area contributed by atoms with Crippen LogP contribution >= 0.6 is 0 Å². The maximum absolute atomic E-state index is 12.1. The normalized spacial score (nSPS) is 11.2. The van der Waals surface area contributed by atoms with Crippen LogP contribution in [0, 0.1) is 0 Å². The minimum absolute atomic E-state index is 0.0466. The number of nitrogens with one attached hydrogen (secondary N) is 2. The molecule has 0 unspecified atom stereocenters. The van der Waals surface area contributed by atoms with E-state index in [0.29, 0.717) is 0 Å². The van der Waals surface area contributed by atoms with E-state index in [2.05, 4.69) is 20.8 Å². The Bertz CT molecular complexity index is 913. The number of hydrogen-bond acceptors (Lipinski definition) is 7. The summed E-state index contributed by atoms with van der Waals surface area (Å²) in [5, 5.41) is 0. The molecule has 11 heteroatoms.